The van der Waals surface area contributed by atoms with Crippen molar-refractivity contribution in [2.45, 2.75) is 25.3 Å². The molecule has 4 rings (SSSR count). The van der Waals surface area contributed by atoms with E-state index in [1.54, 1.807) is 21.3 Å². The van der Waals surface area contributed by atoms with Gasteiger partial charge < -0.3 is 23.7 Å². The van der Waals surface area contributed by atoms with Crippen LogP contribution in [-0.2, 0) is 17.6 Å². The second kappa shape index (κ2) is 8.44. The molecule has 7 heteroatoms. The molecule has 0 saturated carbocycles. The Kier molecular flexibility index (Phi) is 5.72. The van der Waals surface area contributed by atoms with Gasteiger partial charge in [0.2, 0.25) is 12.5 Å². The molecule has 2 aliphatic rings. The zero-order valence-corrected chi connectivity index (χ0v) is 17.8. The van der Waals surface area contributed by atoms with E-state index in [1.807, 2.05) is 31.3 Å². The molecule has 30 heavy (non-hydrogen) atoms. The van der Waals surface area contributed by atoms with E-state index in [4.69, 9.17) is 23.7 Å². The maximum Gasteiger partial charge on any atom is 0.231 e. The van der Waals surface area contributed by atoms with Gasteiger partial charge in [0.15, 0.2) is 23.0 Å². The fourth-order valence-electron chi connectivity index (χ4n) is 4.29. The quantitative estimate of drug-likeness (QED) is 0.691. The van der Waals surface area contributed by atoms with Crippen molar-refractivity contribution in [3.05, 3.63) is 41.0 Å². The highest BCUT2D eigenvalue weighted by molar-refractivity contribution is 5.82. The number of likely N-dealkylation sites (N-methyl/N-ethyl adjacent to an activating group) is 1. The van der Waals surface area contributed by atoms with E-state index in [0.29, 0.717) is 41.6 Å². The smallest absolute Gasteiger partial charge is 0.231 e. The van der Waals surface area contributed by atoms with Gasteiger partial charge in [-0.3, -0.25) is 9.69 Å². The minimum Gasteiger partial charge on any atom is -0.493 e. The molecule has 0 bridgehead atoms. The zero-order valence-electron chi connectivity index (χ0n) is 17.8. The van der Waals surface area contributed by atoms with Gasteiger partial charge in [0.1, 0.15) is 5.78 Å². The molecular weight excluding hydrogens is 386 g/mol. The molecule has 7 nitrogen and oxygen atoms in total. The van der Waals surface area contributed by atoms with Gasteiger partial charge in [-0.05, 0) is 42.8 Å². The largest absolute Gasteiger partial charge is 0.493 e. The number of hydrogen-bond donors (Lipinski definition) is 0. The first-order valence-corrected chi connectivity index (χ1v) is 9.98. The normalized spacial score (nSPS) is 17.4. The summed E-state index contributed by atoms with van der Waals surface area (Å²) in [5, 5.41) is 0. The van der Waals surface area contributed by atoms with Crippen molar-refractivity contribution < 1.29 is 28.5 Å². The number of Topliss-reactive ketones (excluding diaryl/α,β-unsaturated/α-hetero) is 1. The lowest BCUT2D eigenvalue weighted by Gasteiger charge is -2.35. The van der Waals surface area contributed by atoms with Crippen LogP contribution in [0.1, 0.15) is 29.2 Å². The molecule has 2 aromatic rings. The molecule has 2 aliphatic heterocycles. The summed E-state index contributed by atoms with van der Waals surface area (Å²) < 4.78 is 27.6. The average molecular weight is 413 g/mol. The molecule has 0 aromatic heterocycles. The van der Waals surface area contributed by atoms with Crippen LogP contribution in [0.2, 0.25) is 0 Å². The van der Waals surface area contributed by atoms with E-state index in [1.165, 1.54) is 0 Å². The molecule has 0 saturated heterocycles. The van der Waals surface area contributed by atoms with Gasteiger partial charge >= 0.3 is 0 Å². The lowest BCUT2D eigenvalue weighted by molar-refractivity contribution is -0.119. The van der Waals surface area contributed by atoms with Gasteiger partial charge in [-0.25, -0.2) is 0 Å². The van der Waals surface area contributed by atoms with Crippen LogP contribution >= 0.6 is 0 Å². The number of nitrogens with zero attached hydrogens (tertiary/aromatic N) is 1. The highest BCUT2D eigenvalue weighted by Crippen LogP contribution is 2.50. The van der Waals surface area contributed by atoms with Crippen LogP contribution in [0.3, 0.4) is 0 Å². The maximum atomic E-state index is 13.0. The van der Waals surface area contributed by atoms with Crippen LogP contribution in [0.4, 0.5) is 0 Å². The molecule has 0 amide bonds. The highest BCUT2D eigenvalue weighted by Gasteiger charge is 2.34. The summed E-state index contributed by atoms with van der Waals surface area (Å²) in [5.74, 6) is 3.43. The van der Waals surface area contributed by atoms with Crippen LogP contribution in [0, 0.1) is 0 Å². The Morgan fingerprint density at radius 3 is 2.63 bits per heavy atom. The summed E-state index contributed by atoms with van der Waals surface area (Å²) in [6.45, 7) is 1.05. The van der Waals surface area contributed by atoms with E-state index in [2.05, 4.69) is 4.90 Å². The molecular formula is C23H27NO6. The van der Waals surface area contributed by atoms with Crippen LogP contribution in [0.25, 0.3) is 0 Å². The minimum absolute atomic E-state index is 0.0779. The first kappa shape index (κ1) is 20.3. The van der Waals surface area contributed by atoms with Crippen LogP contribution in [0.5, 0.6) is 28.7 Å². The Labute approximate surface area is 176 Å². The molecule has 0 fully saturated rings. The monoisotopic (exact) mass is 413 g/mol. The van der Waals surface area contributed by atoms with Gasteiger partial charge in [0.25, 0.3) is 0 Å². The summed E-state index contributed by atoms with van der Waals surface area (Å²) in [6.07, 6.45) is 1.58. The number of hydrogen-bond acceptors (Lipinski definition) is 7. The second-order valence-corrected chi connectivity index (χ2v) is 7.57. The summed E-state index contributed by atoms with van der Waals surface area (Å²) in [7, 11) is 6.86. The molecule has 0 aliphatic carbocycles. The first-order chi connectivity index (χ1) is 14.5. The summed E-state index contributed by atoms with van der Waals surface area (Å²) in [5.41, 5.74) is 3.07. The topological polar surface area (TPSA) is 66.5 Å². The van der Waals surface area contributed by atoms with Crippen LogP contribution < -0.4 is 23.7 Å². The SMILES string of the molecule is COc1ccc(CC(=O)C[C@H]2c3c(cc4c(c3OC)OCO4)CCN2C)cc1OC. The van der Waals surface area contributed by atoms with Crippen molar-refractivity contribution in [3.8, 4) is 28.7 Å². The molecule has 0 radical (unpaired) electrons. The fraction of sp³-hybridized carbons (Fsp3) is 0.435. The predicted molar refractivity (Wildman–Crippen MR) is 111 cm³/mol. The van der Waals surface area contributed by atoms with Gasteiger partial charge in [-0.15, -0.1) is 0 Å². The Morgan fingerprint density at radius 2 is 1.90 bits per heavy atom. The number of carbonyl (C=O) groups excluding carboxylic acids is 1. The molecule has 0 N–H and O–H groups in total. The van der Waals surface area contributed by atoms with E-state index in [9.17, 15) is 4.79 Å². The number of methoxy groups -OCH3 is 3. The van der Waals surface area contributed by atoms with E-state index in [0.717, 1.165) is 29.7 Å². The van der Waals surface area contributed by atoms with E-state index in [-0.39, 0.29) is 18.6 Å². The van der Waals surface area contributed by atoms with E-state index < -0.39 is 0 Å². The summed E-state index contributed by atoms with van der Waals surface area (Å²) in [4.78, 5) is 15.2. The molecule has 2 aromatic carbocycles. The molecule has 1 atom stereocenters. The van der Waals surface area contributed by atoms with E-state index >= 15 is 0 Å². The second-order valence-electron chi connectivity index (χ2n) is 7.57. The third kappa shape index (κ3) is 3.65. The standard InChI is InChI=1S/C23H27NO6/c1-24-8-7-15-11-20-22(30-13-29-20)23(28-4)21(15)17(24)12-16(25)9-14-5-6-18(26-2)19(10-14)27-3/h5-6,10-11,17H,7-9,12-13H2,1-4H3/t17-/m0/s1. The minimum atomic E-state index is -0.0779. The lowest BCUT2D eigenvalue weighted by Crippen LogP contribution is -2.34. The molecule has 0 spiro atoms. The number of carbonyl (C=O) groups is 1. The first-order valence-electron chi connectivity index (χ1n) is 9.98. The van der Waals surface area contributed by atoms with Crippen molar-refractivity contribution >= 4 is 5.78 Å². The maximum absolute atomic E-state index is 13.0. The van der Waals surface area contributed by atoms with Crippen molar-refractivity contribution in [1.82, 2.24) is 4.90 Å². The lowest BCUT2D eigenvalue weighted by atomic mass is 9.87. The Hall–Kier alpha value is -2.93. The van der Waals surface area contributed by atoms with Crippen molar-refractivity contribution in [2.75, 3.05) is 41.7 Å². The number of ketones is 1. The zero-order chi connectivity index (χ0) is 21.3. The predicted octanol–water partition coefficient (Wildman–Crippen LogP) is 3.17. The number of ether oxygens (including phenoxy) is 5. The van der Waals surface area contributed by atoms with Crippen molar-refractivity contribution in [3.63, 3.8) is 0 Å². The van der Waals surface area contributed by atoms with Crippen LogP contribution in [-0.4, -0.2) is 52.4 Å². The fourth-order valence-corrected chi connectivity index (χ4v) is 4.29. The summed E-state index contributed by atoms with van der Waals surface area (Å²) in [6, 6.07) is 7.53. The van der Waals surface area contributed by atoms with Gasteiger partial charge in [-0.2, -0.15) is 0 Å². The van der Waals surface area contributed by atoms with Crippen molar-refractivity contribution in [2.24, 2.45) is 0 Å². The van der Waals surface area contributed by atoms with Crippen molar-refractivity contribution in [1.29, 1.82) is 0 Å². The van der Waals surface area contributed by atoms with Gasteiger partial charge in [-0.1, -0.05) is 6.07 Å². The Morgan fingerprint density at radius 1 is 1.10 bits per heavy atom. The number of benzene rings is 2. The molecule has 0 unspecified atom stereocenters. The molecule has 2 heterocycles. The average Bonchev–Trinajstić information content (AvgIpc) is 3.22. The molecule has 160 valence electrons. The number of fused-ring (bicyclic) bond motifs is 2. The third-order valence-corrected chi connectivity index (χ3v) is 5.82. The van der Waals surface area contributed by atoms with Crippen LogP contribution in [0.15, 0.2) is 24.3 Å². The highest BCUT2D eigenvalue weighted by atomic mass is 16.7. The Balaban J connectivity index is 1.59. The Bertz CT molecular complexity index is 957. The van der Waals surface area contributed by atoms with Gasteiger partial charge in [0.05, 0.1) is 21.3 Å². The number of rotatable bonds is 7. The summed E-state index contributed by atoms with van der Waals surface area (Å²) >= 11 is 0. The van der Waals surface area contributed by atoms with Gasteiger partial charge in [0, 0.05) is 31.0 Å². The third-order valence-electron chi connectivity index (χ3n) is 5.82.